The number of halogens is 1. The number of nitrogens with one attached hydrogen (secondary N) is 1. The lowest BCUT2D eigenvalue weighted by Crippen LogP contribution is -3.10. The van der Waals surface area contributed by atoms with Gasteiger partial charge in [-0.3, -0.25) is 4.79 Å². The Morgan fingerprint density at radius 1 is 1.35 bits per heavy atom. The Morgan fingerprint density at radius 3 is 2.73 bits per heavy atom. The SMILES string of the molecule is CCOCCOC(=NC(=O)c1cccc(F)c1)N(C)C1CC[NH+](C)CC1. The number of piperidine rings is 1. The Hall–Kier alpha value is -1.99. The van der Waals surface area contributed by atoms with E-state index in [9.17, 15) is 9.18 Å². The van der Waals surface area contributed by atoms with Gasteiger partial charge in [-0.1, -0.05) is 6.07 Å². The van der Waals surface area contributed by atoms with Crippen molar-refractivity contribution in [2.45, 2.75) is 25.8 Å². The van der Waals surface area contributed by atoms with Crippen LogP contribution in [-0.4, -0.2) is 69.9 Å². The minimum atomic E-state index is -0.513. The molecule has 1 aromatic rings. The number of hydrogen-bond donors (Lipinski definition) is 1. The third-order valence-corrected chi connectivity index (χ3v) is 4.59. The quantitative estimate of drug-likeness (QED) is 0.463. The third kappa shape index (κ3) is 6.07. The standard InChI is InChI=1S/C19H28FN3O3/c1-4-25-12-13-26-19(23(3)17-8-10-22(2)11-9-17)21-18(24)15-6-5-7-16(20)14-15/h5-7,14,17H,4,8-13H2,1-3H3/p+1. The lowest BCUT2D eigenvalue weighted by atomic mass is 10.0. The van der Waals surface area contributed by atoms with Crippen molar-refractivity contribution in [2.24, 2.45) is 4.99 Å². The molecule has 0 bridgehead atoms. The maximum absolute atomic E-state index is 13.4. The van der Waals surface area contributed by atoms with Gasteiger partial charge in [0.1, 0.15) is 12.4 Å². The van der Waals surface area contributed by atoms with Crippen LogP contribution in [0.1, 0.15) is 30.1 Å². The van der Waals surface area contributed by atoms with Gasteiger partial charge in [0.15, 0.2) is 0 Å². The summed E-state index contributed by atoms with van der Waals surface area (Å²) in [5, 5.41) is 0. The first kappa shape index (κ1) is 20.3. The van der Waals surface area contributed by atoms with Crippen molar-refractivity contribution in [3.05, 3.63) is 35.6 Å². The number of amides is 1. The van der Waals surface area contributed by atoms with E-state index in [1.165, 1.54) is 23.1 Å². The largest absolute Gasteiger partial charge is 0.462 e. The van der Waals surface area contributed by atoms with Crippen molar-refractivity contribution >= 4 is 11.9 Å². The number of nitrogens with zero attached hydrogens (tertiary/aromatic N) is 2. The molecule has 0 unspecified atom stereocenters. The van der Waals surface area contributed by atoms with Gasteiger partial charge in [-0.05, 0) is 25.1 Å². The number of amidine groups is 1. The van der Waals surface area contributed by atoms with Crippen LogP contribution in [0.15, 0.2) is 29.3 Å². The van der Waals surface area contributed by atoms with Crippen molar-refractivity contribution in [2.75, 3.05) is 47.0 Å². The first-order chi connectivity index (χ1) is 12.5. The first-order valence-corrected chi connectivity index (χ1v) is 9.14. The Kier molecular flexibility index (Phi) is 8.00. The number of carbonyl (C=O) groups is 1. The highest BCUT2D eigenvalue weighted by Crippen LogP contribution is 2.11. The molecule has 144 valence electrons. The molecule has 0 aliphatic carbocycles. The Labute approximate surface area is 154 Å². The van der Waals surface area contributed by atoms with Crippen LogP contribution in [0.5, 0.6) is 0 Å². The molecule has 2 rings (SSSR count). The maximum Gasteiger partial charge on any atom is 0.295 e. The van der Waals surface area contributed by atoms with Gasteiger partial charge < -0.3 is 19.3 Å². The number of ether oxygens (including phenoxy) is 2. The molecule has 0 spiro atoms. The molecular formula is C19H29FN3O3+. The predicted molar refractivity (Wildman–Crippen MR) is 98.0 cm³/mol. The summed E-state index contributed by atoms with van der Waals surface area (Å²) in [6.45, 7) is 5.39. The van der Waals surface area contributed by atoms with E-state index in [4.69, 9.17) is 9.47 Å². The van der Waals surface area contributed by atoms with Crippen molar-refractivity contribution in [1.82, 2.24) is 4.90 Å². The molecule has 1 fully saturated rings. The third-order valence-electron chi connectivity index (χ3n) is 4.59. The summed E-state index contributed by atoms with van der Waals surface area (Å²) in [6, 6.07) is 6.06. The molecular weight excluding hydrogens is 337 g/mol. The number of benzene rings is 1. The van der Waals surface area contributed by atoms with Crippen LogP contribution >= 0.6 is 0 Å². The van der Waals surface area contributed by atoms with E-state index >= 15 is 0 Å². The Balaban J connectivity index is 2.12. The number of rotatable bonds is 6. The van der Waals surface area contributed by atoms with Crippen LogP contribution < -0.4 is 4.90 Å². The van der Waals surface area contributed by atoms with Gasteiger partial charge in [0.25, 0.3) is 11.9 Å². The number of hydrogen-bond acceptors (Lipinski definition) is 3. The van der Waals surface area contributed by atoms with Gasteiger partial charge >= 0.3 is 0 Å². The van der Waals surface area contributed by atoms with Crippen molar-refractivity contribution in [1.29, 1.82) is 0 Å². The molecule has 1 aromatic carbocycles. The maximum atomic E-state index is 13.4. The minimum Gasteiger partial charge on any atom is -0.462 e. The zero-order valence-electron chi connectivity index (χ0n) is 15.8. The van der Waals surface area contributed by atoms with E-state index in [0.717, 1.165) is 25.9 Å². The second-order valence-corrected chi connectivity index (χ2v) is 6.55. The van der Waals surface area contributed by atoms with Crippen LogP contribution in [-0.2, 0) is 9.47 Å². The topological polar surface area (TPSA) is 55.6 Å². The van der Waals surface area contributed by atoms with Crippen LogP contribution in [0.2, 0.25) is 0 Å². The first-order valence-electron chi connectivity index (χ1n) is 9.14. The second-order valence-electron chi connectivity index (χ2n) is 6.55. The molecule has 1 aliphatic heterocycles. The van der Waals surface area contributed by atoms with E-state index in [2.05, 4.69) is 12.0 Å². The fourth-order valence-corrected chi connectivity index (χ4v) is 2.96. The van der Waals surface area contributed by atoms with E-state index < -0.39 is 11.7 Å². The van der Waals surface area contributed by atoms with Crippen LogP contribution in [0, 0.1) is 5.82 Å². The summed E-state index contributed by atoms with van der Waals surface area (Å²) in [5.41, 5.74) is 0.206. The molecule has 26 heavy (non-hydrogen) atoms. The molecule has 0 atom stereocenters. The highest BCUT2D eigenvalue weighted by molar-refractivity contribution is 6.01. The summed E-state index contributed by atoms with van der Waals surface area (Å²) < 4.78 is 24.4. The molecule has 0 radical (unpaired) electrons. The van der Waals surface area contributed by atoms with Gasteiger partial charge in [0, 0.05) is 38.1 Å². The van der Waals surface area contributed by atoms with Gasteiger partial charge in [0.2, 0.25) is 0 Å². The van der Waals surface area contributed by atoms with Crippen LogP contribution in [0.25, 0.3) is 0 Å². The normalized spacial score (nSPS) is 20.7. The van der Waals surface area contributed by atoms with Crippen LogP contribution in [0.4, 0.5) is 4.39 Å². The highest BCUT2D eigenvalue weighted by Gasteiger charge is 2.26. The monoisotopic (exact) mass is 366 g/mol. The Morgan fingerprint density at radius 2 is 2.08 bits per heavy atom. The average Bonchev–Trinajstić information content (AvgIpc) is 2.64. The summed E-state index contributed by atoms with van der Waals surface area (Å²) in [7, 11) is 4.07. The molecule has 0 saturated carbocycles. The van der Waals surface area contributed by atoms with E-state index in [1.54, 1.807) is 6.07 Å². The number of quaternary nitrogens is 1. The summed E-state index contributed by atoms with van der Waals surface area (Å²) in [5.74, 6) is -0.974. The van der Waals surface area contributed by atoms with Gasteiger partial charge in [0.05, 0.1) is 26.7 Å². The zero-order chi connectivity index (χ0) is 18.9. The highest BCUT2D eigenvalue weighted by atomic mass is 19.1. The lowest BCUT2D eigenvalue weighted by molar-refractivity contribution is -0.885. The van der Waals surface area contributed by atoms with E-state index in [-0.39, 0.29) is 17.6 Å². The second kappa shape index (κ2) is 10.2. The molecule has 1 aliphatic rings. The lowest BCUT2D eigenvalue weighted by Gasteiger charge is -2.34. The van der Waals surface area contributed by atoms with Gasteiger partial charge in [-0.2, -0.15) is 4.99 Å². The summed E-state index contributed by atoms with van der Waals surface area (Å²) in [6.07, 6.45) is 2.01. The smallest absolute Gasteiger partial charge is 0.295 e. The average molecular weight is 366 g/mol. The number of likely N-dealkylation sites (tertiary alicyclic amines) is 1. The fraction of sp³-hybridized carbons (Fsp3) is 0.579. The molecule has 7 heteroatoms. The van der Waals surface area contributed by atoms with E-state index in [1.807, 2.05) is 18.9 Å². The van der Waals surface area contributed by atoms with Crippen molar-refractivity contribution < 1.29 is 23.6 Å². The van der Waals surface area contributed by atoms with Gasteiger partial charge in [-0.25, -0.2) is 4.39 Å². The van der Waals surface area contributed by atoms with E-state index in [0.29, 0.717) is 19.8 Å². The zero-order valence-corrected chi connectivity index (χ0v) is 15.8. The molecule has 6 nitrogen and oxygen atoms in total. The molecule has 0 aromatic heterocycles. The predicted octanol–water partition coefficient (Wildman–Crippen LogP) is 0.984. The van der Waals surface area contributed by atoms with Gasteiger partial charge in [-0.15, -0.1) is 0 Å². The molecule has 1 amide bonds. The summed E-state index contributed by atoms with van der Waals surface area (Å²) in [4.78, 5) is 20.0. The number of carbonyl (C=O) groups excluding carboxylic acids is 1. The minimum absolute atomic E-state index is 0.206. The van der Waals surface area contributed by atoms with Crippen molar-refractivity contribution in [3.8, 4) is 0 Å². The molecule has 1 saturated heterocycles. The number of aliphatic imine (C=N–C) groups is 1. The Bertz CT molecular complexity index is 616. The molecule has 1 N–H and O–H groups in total. The fourth-order valence-electron chi connectivity index (χ4n) is 2.96. The summed E-state index contributed by atoms with van der Waals surface area (Å²) >= 11 is 0. The van der Waals surface area contributed by atoms with Crippen LogP contribution in [0.3, 0.4) is 0 Å². The molecule has 1 heterocycles. The van der Waals surface area contributed by atoms with Crippen molar-refractivity contribution in [3.63, 3.8) is 0 Å².